The van der Waals surface area contributed by atoms with Gasteiger partial charge in [-0.1, -0.05) is 19.1 Å². The van der Waals surface area contributed by atoms with Crippen LogP contribution in [-0.4, -0.2) is 40.9 Å². The van der Waals surface area contributed by atoms with Gasteiger partial charge in [0, 0.05) is 6.54 Å². The largest absolute Gasteiger partial charge is 0.465 e. The summed E-state index contributed by atoms with van der Waals surface area (Å²) < 4.78 is 4.95. The molecular weight excluding hydrogens is 264 g/mol. The number of rotatable bonds is 7. The number of carbonyl (C=O) groups is 1. The van der Waals surface area contributed by atoms with E-state index in [1.807, 2.05) is 6.92 Å². The molecule has 104 valence electrons. The Bertz CT molecular complexity index is 453. The summed E-state index contributed by atoms with van der Waals surface area (Å²) in [4.78, 5) is 13.6. The van der Waals surface area contributed by atoms with Crippen molar-refractivity contribution in [3.8, 4) is 0 Å². The zero-order chi connectivity index (χ0) is 14.3. The molecule has 6 nitrogen and oxygen atoms in total. The number of anilines is 1. The molecule has 0 bridgehead atoms. The highest BCUT2D eigenvalue weighted by molar-refractivity contribution is 7.80. The van der Waals surface area contributed by atoms with E-state index in [1.165, 1.54) is 6.20 Å². The van der Waals surface area contributed by atoms with Crippen LogP contribution in [0.1, 0.15) is 25.8 Å². The molecule has 2 N–H and O–H groups in total. The predicted molar refractivity (Wildman–Crippen MR) is 77.1 cm³/mol. The quantitative estimate of drug-likeness (QED) is 0.587. The van der Waals surface area contributed by atoms with E-state index in [0.717, 1.165) is 6.42 Å². The highest BCUT2D eigenvalue weighted by Crippen LogP contribution is 2.16. The van der Waals surface area contributed by atoms with Crippen LogP contribution in [0.15, 0.2) is 12.3 Å². The normalized spacial score (nSPS) is 10.0. The van der Waals surface area contributed by atoms with Crippen LogP contribution >= 0.6 is 12.2 Å². The van der Waals surface area contributed by atoms with Gasteiger partial charge in [-0.25, -0.2) is 0 Å². The van der Waals surface area contributed by atoms with Crippen LogP contribution < -0.4 is 10.6 Å². The lowest BCUT2D eigenvalue weighted by atomic mass is 10.2. The van der Waals surface area contributed by atoms with Crippen molar-refractivity contribution in [1.29, 1.82) is 0 Å². The van der Waals surface area contributed by atoms with Gasteiger partial charge < -0.3 is 15.4 Å². The number of aromatic nitrogens is 2. The van der Waals surface area contributed by atoms with Crippen molar-refractivity contribution in [2.75, 3.05) is 24.6 Å². The SMILES string of the molecule is CCCN(CC(=O)OCC)c1nnccc1C(N)=S. The fraction of sp³-hybridized carbons (Fsp3) is 0.500. The molecule has 1 rings (SSSR count). The van der Waals surface area contributed by atoms with Crippen LogP contribution in [0.25, 0.3) is 0 Å². The molecule has 0 atom stereocenters. The van der Waals surface area contributed by atoms with Gasteiger partial charge in [0.15, 0.2) is 5.82 Å². The molecule has 0 aliphatic carbocycles. The third-order valence-electron chi connectivity index (χ3n) is 2.39. The Hall–Kier alpha value is -1.76. The Morgan fingerprint density at radius 3 is 2.84 bits per heavy atom. The van der Waals surface area contributed by atoms with Gasteiger partial charge in [-0.15, -0.1) is 5.10 Å². The van der Waals surface area contributed by atoms with Crippen LogP contribution in [0.3, 0.4) is 0 Å². The minimum absolute atomic E-state index is 0.107. The summed E-state index contributed by atoms with van der Waals surface area (Å²) >= 11 is 4.98. The summed E-state index contributed by atoms with van der Waals surface area (Å²) in [6.07, 6.45) is 2.37. The van der Waals surface area contributed by atoms with Crippen molar-refractivity contribution >= 4 is 29.0 Å². The van der Waals surface area contributed by atoms with Gasteiger partial charge in [0.25, 0.3) is 0 Å². The van der Waals surface area contributed by atoms with Crippen LogP contribution in [0.5, 0.6) is 0 Å². The predicted octanol–water partition coefficient (Wildman–Crippen LogP) is 0.890. The molecule has 0 amide bonds. The fourth-order valence-corrected chi connectivity index (χ4v) is 1.80. The summed E-state index contributed by atoms with van der Waals surface area (Å²) in [7, 11) is 0. The van der Waals surface area contributed by atoms with E-state index in [-0.39, 0.29) is 17.5 Å². The van der Waals surface area contributed by atoms with E-state index in [9.17, 15) is 4.79 Å². The second kappa shape index (κ2) is 7.63. The molecule has 0 fully saturated rings. The topological polar surface area (TPSA) is 81.3 Å². The number of carbonyl (C=O) groups excluding carboxylic acids is 1. The van der Waals surface area contributed by atoms with Crippen molar-refractivity contribution in [3.63, 3.8) is 0 Å². The molecule has 0 aliphatic heterocycles. The molecule has 0 radical (unpaired) electrons. The average Bonchev–Trinajstić information content (AvgIpc) is 2.38. The maximum Gasteiger partial charge on any atom is 0.325 e. The van der Waals surface area contributed by atoms with Gasteiger partial charge in [0.05, 0.1) is 18.4 Å². The summed E-state index contributed by atoms with van der Waals surface area (Å²) in [5.74, 6) is 0.209. The number of ether oxygens (including phenoxy) is 1. The molecular formula is C12H18N4O2S. The van der Waals surface area contributed by atoms with E-state index in [4.69, 9.17) is 22.7 Å². The molecule has 0 saturated heterocycles. The molecule has 1 aromatic rings. The minimum atomic E-state index is -0.310. The molecule has 0 aromatic carbocycles. The molecule has 19 heavy (non-hydrogen) atoms. The first-order valence-corrected chi connectivity index (χ1v) is 6.53. The van der Waals surface area contributed by atoms with Crippen LogP contribution in [0.2, 0.25) is 0 Å². The van der Waals surface area contributed by atoms with Gasteiger partial charge in [0.1, 0.15) is 11.5 Å². The van der Waals surface area contributed by atoms with Crippen molar-refractivity contribution < 1.29 is 9.53 Å². The standard InChI is InChI=1S/C12H18N4O2S/c1-3-7-16(8-10(17)18-4-2)12-9(11(13)19)5-6-14-15-12/h5-6H,3-4,7-8H2,1-2H3,(H2,13,19). The van der Waals surface area contributed by atoms with Gasteiger partial charge in [0.2, 0.25) is 0 Å². The summed E-state index contributed by atoms with van der Waals surface area (Å²) in [5, 5.41) is 7.86. The fourth-order valence-electron chi connectivity index (χ4n) is 1.64. The highest BCUT2D eigenvalue weighted by Gasteiger charge is 2.17. The number of thiocarbonyl (C=S) groups is 1. The monoisotopic (exact) mass is 282 g/mol. The maximum absolute atomic E-state index is 11.6. The molecule has 1 heterocycles. The number of hydrogen-bond donors (Lipinski definition) is 1. The lowest BCUT2D eigenvalue weighted by Crippen LogP contribution is -2.34. The van der Waals surface area contributed by atoms with E-state index in [1.54, 1.807) is 17.9 Å². The van der Waals surface area contributed by atoms with Crippen LogP contribution in [-0.2, 0) is 9.53 Å². The van der Waals surface area contributed by atoms with Crippen molar-refractivity contribution in [2.45, 2.75) is 20.3 Å². The Morgan fingerprint density at radius 2 is 2.26 bits per heavy atom. The minimum Gasteiger partial charge on any atom is -0.465 e. The second-order valence-electron chi connectivity index (χ2n) is 3.86. The summed E-state index contributed by atoms with van der Waals surface area (Å²) in [5.41, 5.74) is 6.27. The van der Waals surface area contributed by atoms with Crippen LogP contribution in [0, 0.1) is 0 Å². The lowest BCUT2D eigenvalue weighted by Gasteiger charge is -2.23. The van der Waals surface area contributed by atoms with Gasteiger partial charge in [-0.05, 0) is 19.4 Å². The van der Waals surface area contributed by atoms with Crippen molar-refractivity contribution in [3.05, 3.63) is 17.8 Å². The van der Waals surface area contributed by atoms with E-state index in [2.05, 4.69) is 10.2 Å². The third-order valence-corrected chi connectivity index (χ3v) is 2.60. The van der Waals surface area contributed by atoms with Crippen LogP contribution in [0.4, 0.5) is 5.82 Å². The zero-order valence-electron chi connectivity index (χ0n) is 11.1. The van der Waals surface area contributed by atoms with E-state index < -0.39 is 0 Å². The molecule has 0 spiro atoms. The van der Waals surface area contributed by atoms with Gasteiger partial charge in [-0.3, -0.25) is 4.79 Å². The molecule has 0 saturated carbocycles. The summed E-state index contributed by atoms with van der Waals surface area (Å²) in [6.45, 7) is 4.88. The second-order valence-corrected chi connectivity index (χ2v) is 4.30. The van der Waals surface area contributed by atoms with E-state index >= 15 is 0 Å². The zero-order valence-corrected chi connectivity index (χ0v) is 11.9. The Balaban J connectivity index is 2.98. The first-order valence-electron chi connectivity index (χ1n) is 6.12. The van der Waals surface area contributed by atoms with E-state index in [0.29, 0.717) is 24.5 Å². The number of nitrogens with zero attached hydrogens (tertiary/aromatic N) is 3. The van der Waals surface area contributed by atoms with Gasteiger partial charge in [-0.2, -0.15) is 5.10 Å². The first kappa shape index (κ1) is 15.3. The lowest BCUT2D eigenvalue weighted by molar-refractivity contribution is -0.141. The maximum atomic E-state index is 11.6. The molecule has 0 aliphatic rings. The molecule has 0 unspecified atom stereocenters. The highest BCUT2D eigenvalue weighted by atomic mass is 32.1. The molecule has 1 aromatic heterocycles. The molecule has 7 heteroatoms. The Morgan fingerprint density at radius 1 is 1.53 bits per heavy atom. The third kappa shape index (κ3) is 4.44. The van der Waals surface area contributed by atoms with Crippen molar-refractivity contribution in [2.24, 2.45) is 5.73 Å². The number of nitrogens with two attached hydrogens (primary N) is 1. The van der Waals surface area contributed by atoms with Gasteiger partial charge >= 0.3 is 5.97 Å². The first-order chi connectivity index (χ1) is 9.10. The van der Waals surface area contributed by atoms with Crippen molar-refractivity contribution in [1.82, 2.24) is 10.2 Å². The summed E-state index contributed by atoms with van der Waals surface area (Å²) in [6, 6.07) is 1.69. The number of hydrogen-bond acceptors (Lipinski definition) is 6. The Labute approximate surface area is 117 Å². The Kier molecular flexibility index (Phi) is 6.14. The number of esters is 1. The smallest absolute Gasteiger partial charge is 0.325 e. The average molecular weight is 282 g/mol.